The molecular formula is C81H96N2O11. The highest BCUT2D eigenvalue weighted by Crippen LogP contribution is 2.92. The van der Waals surface area contributed by atoms with Gasteiger partial charge >= 0.3 is 11.9 Å². The molecular weight excluding hydrogens is 1180 g/mol. The average Bonchev–Trinajstić information content (AvgIpc) is 1.40. The van der Waals surface area contributed by atoms with Crippen LogP contribution in [0.4, 0.5) is 0 Å². The number of hydrogen-bond acceptors (Lipinski definition) is 13. The van der Waals surface area contributed by atoms with Gasteiger partial charge in [-0.05, 0) is 214 Å². The van der Waals surface area contributed by atoms with Gasteiger partial charge in [0.05, 0.1) is 54.9 Å². The molecule has 0 unspecified atom stereocenters. The number of carbonyl (C=O) groups excluding carboxylic acids is 3. The Balaban J connectivity index is 0.799. The highest BCUT2D eigenvalue weighted by molar-refractivity contribution is 5.94. The largest absolute Gasteiger partial charge is 0.469 e. The minimum absolute atomic E-state index is 0.0112. The SMILES string of the molecule is C[C@H]1[C@H]2CCC[C@H]2C=C[C@]12C=CC[C@]13O[C@]45C(=C[C@@H]21)C[C@@H]1CC2(CCCC2)C[C@]12C[C@@H]1C[C@]6(C)[C@]78O[C@@H]7C(=O)O[C@]6(c6ccoc6C[C@@H]([C@@H]6CC[C@H]7[C@H](C=CN9CNC[C@H]79)C6)[C@H](O)CO)CC#C[C@H]6CC[C@H](Cc7ccccc7)C[C@H]6[C@]86[C@H](O)C(=O)[C@H]3[C@@]4(COC(=O)[C@@H]25)[C@@H]16. The normalized spacial score (nSPS) is 53.4. The van der Waals surface area contributed by atoms with Gasteiger partial charge in [-0.2, -0.15) is 0 Å². The van der Waals surface area contributed by atoms with Crippen molar-refractivity contribution in [2.24, 2.45) is 127 Å². The number of esters is 2. The molecule has 496 valence electrons. The van der Waals surface area contributed by atoms with Gasteiger partial charge in [0.25, 0.3) is 0 Å². The van der Waals surface area contributed by atoms with E-state index in [1.54, 1.807) is 6.26 Å². The standard InChI is InChI=1S/C81H96N2O11/c1-45-55-15-8-13-48(55)20-28-74(45)25-10-26-77-63(74)35-53-34-54-39-73(23-6-7-24-73)42-75(54)38-52-37-72(2)78(58-22-30-90-62(58)36-57(61(85)41-84)50-18-19-56-51(33-50)21-29-83-44-82-40-60(56)83)27-9-14-49-17-16-47(31-46-11-4-3-5-12-46)32-59(49)79(81(72)69(92-81)71(89)93-78)65(52)76(66(77)64(86)68(79)87)43-91-70(88)67(75)80(53,76)94-77/h3-5,10-12,20-22,25,28-30,35,45,47-52,54-57,59-61,63,65-69,82,84-85,87H,6-8,13,15-19,23-24,26-27,31-34,36-44H2,1-2H3/t45-,47+,48-,49-,50+,51+,52-,54+,55+,56-,57-,59+,60+,61+,63-,65+,66-,67-,68+,69+,72-,74+,75+,76+,77-,78-,79-,80-,81+/m0/s1. The molecule has 13 heteroatoms. The first-order valence-electron chi connectivity index (χ1n) is 37.7. The van der Waals surface area contributed by atoms with Crippen LogP contribution in [-0.2, 0) is 51.8 Å². The lowest BCUT2D eigenvalue weighted by molar-refractivity contribution is -0.315. The summed E-state index contributed by atoms with van der Waals surface area (Å²) in [6.07, 6.45) is 34.4. The van der Waals surface area contributed by atoms with Gasteiger partial charge in [0.15, 0.2) is 17.5 Å². The van der Waals surface area contributed by atoms with Gasteiger partial charge in [0, 0.05) is 52.7 Å². The van der Waals surface area contributed by atoms with Gasteiger partial charge in [0.1, 0.15) is 29.7 Å². The number of carbonyl (C=O) groups is 3. The fourth-order valence-corrected chi connectivity index (χ4v) is 30.7. The topological polar surface area (TPSA) is 181 Å². The summed E-state index contributed by atoms with van der Waals surface area (Å²) in [7, 11) is 0. The number of nitrogens with zero attached hydrogens (tertiary/aromatic N) is 1. The Kier molecular flexibility index (Phi) is 11.8. The molecule has 29 atom stereocenters. The fourth-order valence-electron chi connectivity index (χ4n) is 30.7. The van der Waals surface area contributed by atoms with Crippen molar-refractivity contribution >= 4 is 17.7 Å². The molecule has 9 saturated carbocycles. The van der Waals surface area contributed by atoms with Crippen LogP contribution in [-0.4, -0.2) is 106 Å². The van der Waals surface area contributed by atoms with Crippen LogP contribution in [0.1, 0.15) is 159 Å². The molecule has 4 N–H and O–H groups in total. The maximum Gasteiger partial charge on any atom is 0.339 e. The molecule has 2 aromatic rings. The monoisotopic (exact) mass is 1270 g/mol. The number of hydrogen-bond donors (Lipinski definition) is 4. The highest BCUT2D eigenvalue weighted by Gasteiger charge is 3.00. The third-order valence-corrected chi connectivity index (χ3v) is 33.3. The number of ketones is 1. The predicted octanol–water partition coefficient (Wildman–Crippen LogP) is 10.9. The quantitative estimate of drug-likeness (QED) is 0.0850. The van der Waals surface area contributed by atoms with E-state index in [2.05, 4.69) is 109 Å². The number of aliphatic hydroxyl groups is 3. The van der Waals surface area contributed by atoms with E-state index in [0.29, 0.717) is 73.1 Å². The number of ether oxygens (including phenoxy) is 4. The number of cyclic esters (lactones) is 1. The first-order chi connectivity index (χ1) is 45.6. The first kappa shape index (κ1) is 58.2. The van der Waals surface area contributed by atoms with Crippen molar-refractivity contribution in [3.05, 3.63) is 108 Å². The molecule has 8 heterocycles. The number of nitrogens with one attached hydrogen (secondary N) is 1. The third kappa shape index (κ3) is 6.52. The molecule has 1 aromatic carbocycles. The molecule has 94 heavy (non-hydrogen) atoms. The highest BCUT2D eigenvalue weighted by atomic mass is 16.7. The summed E-state index contributed by atoms with van der Waals surface area (Å²) in [5, 5.41) is 42.3. The van der Waals surface area contributed by atoms with Crippen LogP contribution in [0.2, 0.25) is 0 Å². The van der Waals surface area contributed by atoms with Crippen molar-refractivity contribution in [2.45, 2.75) is 202 Å². The van der Waals surface area contributed by atoms with Gasteiger partial charge in [-0.3, -0.25) is 14.9 Å². The van der Waals surface area contributed by atoms with E-state index < -0.39 is 104 Å². The van der Waals surface area contributed by atoms with Crippen molar-refractivity contribution < 1.29 is 53.1 Å². The average molecular weight is 1270 g/mol. The third-order valence-electron chi connectivity index (χ3n) is 33.3. The summed E-state index contributed by atoms with van der Waals surface area (Å²) in [4.78, 5) is 53.4. The van der Waals surface area contributed by atoms with Crippen LogP contribution < -0.4 is 5.32 Å². The zero-order chi connectivity index (χ0) is 63.1. The van der Waals surface area contributed by atoms with Gasteiger partial charge in [-0.1, -0.05) is 112 Å². The van der Waals surface area contributed by atoms with Crippen LogP contribution >= 0.6 is 0 Å². The number of furan rings is 1. The Labute approximate surface area is 553 Å². The maximum atomic E-state index is 18.2. The molecule has 5 saturated heterocycles. The molecule has 0 radical (unpaired) electrons. The van der Waals surface area contributed by atoms with E-state index in [1.165, 1.54) is 43.2 Å². The van der Waals surface area contributed by atoms with Crippen LogP contribution in [0.25, 0.3) is 0 Å². The number of fused-ring (bicyclic) bond motifs is 6. The number of allylic oxidation sites excluding steroid dienone is 4. The van der Waals surface area contributed by atoms with Crippen LogP contribution in [0.5, 0.6) is 0 Å². The smallest absolute Gasteiger partial charge is 0.339 e. The van der Waals surface area contributed by atoms with E-state index in [-0.39, 0.29) is 77.5 Å². The Morgan fingerprint density at radius 3 is 2.64 bits per heavy atom. The number of aliphatic hydroxyl groups excluding tert-OH is 3. The van der Waals surface area contributed by atoms with Crippen molar-refractivity contribution in [3.8, 4) is 11.8 Å². The van der Waals surface area contributed by atoms with Gasteiger partial charge in [0.2, 0.25) is 0 Å². The lowest BCUT2D eigenvalue weighted by Gasteiger charge is -2.74. The van der Waals surface area contributed by atoms with Crippen molar-refractivity contribution in [3.63, 3.8) is 0 Å². The summed E-state index contributed by atoms with van der Waals surface area (Å²) >= 11 is 0. The maximum absolute atomic E-state index is 18.2. The summed E-state index contributed by atoms with van der Waals surface area (Å²) in [5.41, 5.74) is -6.81. The van der Waals surface area contributed by atoms with Crippen LogP contribution in [0.15, 0.2) is 95.3 Å². The lowest BCUT2D eigenvalue weighted by atomic mass is 9.28. The zero-order valence-corrected chi connectivity index (χ0v) is 55.1. The summed E-state index contributed by atoms with van der Waals surface area (Å²) in [6, 6.07) is 13.2. The zero-order valence-electron chi connectivity index (χ0n) is 55.1. The molecule has 0 amide bonds. The predicted molar refractivity (Wildman–Crippen MR) is 345 cm³/mol. The first-order valence-corrected chi connectivity index (χ1v) is 37.7. The molecule has 8 spiro atoms. The van der Waals surface area contributed by atoms with E-state index >= 15 is 19.5 Å². The second kappa shape index (κ2) is 19.1. The fraction of sp³-hybridized carbons (Fsp3) is 0.716. The molecule has 14 fully saturated rings. The minimum Gasteiger partial charge on any atom is -0.469 e. The Hall–Kier alpha value is -4.81. The van der Waals surface area contributed by atoms with E-state index in [9.17, 15) is 10.2 Å². The second-order valence-electron chi connectivity index (χ2n) is 35.8. The number of Topliss-reactive ketones (excluding diaryl/α,β-unsaturated/α-hetero) is 1. The van der Waals surface area contributed by atoms with Gasteiger partial charge in [-0.15, -0.1) is 0 Å². The second-order valence-corrected chi connectivity index (χ2v) is 35.8. The van der Waals surface area contributed by atoms with Gasteiger partial charge < -0.3 is 43.6 Å². The molecule has 9 bridgehead atoms. The molecule has 1 aromatic heterocycles. The Morgan fingerprint density at radius 2 is 1.78 bits per heavy atom. The summed E-state index contributed by atoms with van der Waals surface area (Å²) in [5.74, 6) is 6.65. The van der Waals surface area contributed by atoms with E-state index in [4.69, 9.17) is 23.4 Å². The number of benzene rings is 1. The lowest BCUT2D eigenvalue weighted by Crippen LogP contribution is -2.84. The van der Waals surface area contributed by atoms with E-state index in [1.807, 2.05) is 6.07 Å². The molecule has 12 aliphatic carbocycles. The number of epoxide rings is 1. The number of rotatable bonds is 8. The van der Waals surface area contributed by atoms with Crippen molar-refractivity contribution in [1.29, 1.82) is 0 Å². The molecule has 7 aliphatic heterocycles. The Bertz CT molecular complexity index is 3800. The minimum atomic E-state index is -1.60. The van der Waals surface area contributed by atoms with Gasteiger partial charge in [-0.25, -0.2) is 4.79 Å². The van der Waals surface area contributed by atoms with Crippen LogP contribution in [0.3, 0.4) is 0 Å². The Morgan fingerprint density at radius 1 is 0.904 bits per heavy atom. The summed E-state index contributed by atoms with van der Waals surface area (Å²) in [6.45, 7) is 6.24. The summed E-state index contributed by atoms with van der Waals surface area (Å²) < 4.78 is 38.4. The molecule has 13 nitrogen and oxygen atoms in total. The molecule has 21 rings (SSSR count). The van der Waals surface area contributed by atoms with E-state index in [0.717, 1.165) is 83.8 Å². The van der Waals surface area contributed by atoms with Crippen LogP contribution in [0, 0.1) is 139 Å². The van der Waals surface area contributed by atoms with Crippen molar-refractivity contribution in [2.75, 3.05) is 26.4 Å². The van der Waals surface area contributed by atoms with Crippen molar-refractivity contribution in [1.82, 2.24) is 10.2 Å². The molecule has 19 aliphatic rings.